The highest BCUT2D eigenvalue weighted by atomic mass is 79.9. The Hall–Kier alpha value is -0.810. The number of nitrogens with two attached hydrogens (primary N) is 2. The first-order valence-corrected chi connectivity index (χ1v) is 4.42. The number of hydrogen-bond acceptors (Lipinski definition) is 1. The van der Waals surface area contributed by atoms with Gasteiger partial charge in [0.15, 0.2) is 5.96 Å². The fraction of sp³-hybridized carbons (Fsp3) is 0. The molecular weight excluding hydrogens is 260 g/mol. The molecule has 4 N–H and O–H groups in total. The van der Waals surface area contributed by atoms with Crippen molar-refractivity contribution in [2.75, 3.05) is 0 Å². The molecule has 0 unspecified atom stereocenters. The molecule has 0 amide bonds. The van der Waals surface area contributed by atoms with Gasteiger partial charge in [0.2, 0.25) is 0 Å². The van der Waals surface area contributed by atoms with Gasteiger partial charge in [-0.25, -0.2) is 9.38 Å². The van der Waals surface area contributed by atoms with Crippen LogP contribution in [0.15, 0.2) is 21.6 Å². The topological polar surface area (TPSA) is 64.4 Å². The van der Waals surface area contributed by atoms with E-state index in [1.165, 1.54) is 12.1 Å². The second kappa shape index (κ2) is 3.93. The molecule has 6 heteroatoms. The van der Waals surface area contributed by atoms with Crippen LogP contribution in [0, 0.1) is 5.82 Å². The van der Waals surface area contributed by atoms with Crippen LogP contribution in [0.4, 0.5) is 10.1 Å². The molecule has 0 atom stereocenters. The van der Waals surface area contributed by atoms with Gasteiger partial charge in [0.05, 0.1) is 10.7 Å². The van der Waals surface area contributed by atoms with E-state index >= 15 is 0 Å². The van der Waals surface area contributed by atoms with Gasteiger partial charge < -0.3 is 11.5 Å². The lowest BCUT2D eigenvalue weighted by atomic mass is 10.3. The summed E-state index contributed by atoms with van der Waals surface area (Å²) in [5.74, 6) is -0.633. The van der Waals surface area contributed by atoms with E-state index in [9.17, 15) is 4.39 Å². The average molecular weight is 267 g/mol. The molecule has 70 valence electrons. The molecule has 3 nitrogen and oxygen atoms in total. The molecule has 0 aliphatic carbocycles. The lowest BCUT2D eigenvalue weighted by Gasteiger charge is -2.00. The number of aliphatic imine (C=N–C) groups is 1. The number of nitrogens with zero attached hydrogens (tertiary/aromatic N) is 1. The van der Waals surface area contributed by atoms with Gasteiger partial charge in [-0.15, -0.1) is 0 Å². The van der Waals surface area contributed by atoms with Crippen LogP contribution < -0.4 is 11.5 Å². The Bertz CT molecular complexity index is 363. The lowest BCUT2D eigenvalue weighted by Crippen LogP contribution is -2.21. The summed E-state index contributed by atoms with van der Waals surface area (Å²) in [6.45, 7) is 0. The van der Waals surface area contributed by atoms with Crippen molar-refractivity contribution in [3.8, 4) is 0 Å². The predicted octanol–water partition coefficient (Wildman–Crippen LogP) is 2.15. The molecule has 0 spiro atoms. The third kappa shape index (κ3) is 2.57. The maximum absolute atomic E-state index is 12.8. The van der Waals surface area contributed by atoms with Crippen LogP contribution in [0.5, 0.6) is 0 Å². The van der Waals surface area contributed by atoms with Crippen LogP contribution in [0.2, 0.25) is 5.02 Å². The molecule has 0 heterocycles. The second-order valence-corrected chi connectivity index (χ2v) is 3.52. The van der Waals surface area contributed by atoms with Gasteiger partial charge in [-0.1, -0.05) is 11.6 Å². The quantitative estimate of drug-likeness (QED) is 0.465. The molecule has 0 fully saturated rings. The van der Waals surface area contributed by atoms with Crippen molar-refractivity contribution in [2.24, 2.45) is 16.5 Å². The summed E-state index contributed by atoms with van der Waals surface area (Å²) in [6, 6.07) is 2.53. The minimum absolute atomic E-state index is 0.0248. The van der Waals surface area contributed by atoms with Gasteiger partial charge in [0.1, 0.15) is 5.82 Å². The SMILES string of the molecule is NC(N)=Nc1cc(Cl)c(F)cc1Br. The molecular formula is C7H6BrClFN3. The highest BCUT2D eigenvalue weighted by Gasteiger charge is 2.05. The van der Waals surface area contributed by atoms with Crippen LogP contribution in [-0.4, -0.2) is 5.96 Å². The fourth-order valence-corrected chi connectivity index (χ4v) is 1.30. The minimum Gasteiger partial charge on any atom is -0.370 e. The van der Waals surface area contributed by atoms with E-state index in [1.54, 1.807) is 0 Å². The van der Waals surface area contributed by atoms with Crippen LogP contribution in [0.25, 0.3) is 0 Å². The molecule has 0 aliphatic rings. The Morgan fingerprint density at radius 1 is 1.46 bits per heavy atom. The maximum Gasteiger partial charge on any atom is 0.191 e. The van der Waals surface area contributed by atoms with Crippen molar-refractivity contribution in [1.29, 1.82) is 0 Å². The lowest BCUT2D eigenvalue weighted by molar-refractivity contribution is 0.627. The first-order valence-electron chi connectivity index (χ1n) is 3.25. The molecule has 0 aliphatic heterocycles. The normalized spacial score (nSPS) is 9.77. The summed E-state index contributed by atoms with van der Waals surface area (Å²) in [5.41, 5.74) is 10.7. The summed E-state index contributed by atoms with van der Waals surface area (Å²) < 4.78 is 13.3. The van der Waals surface area contributed by atoms with E-state index in [4.69, 9.17) is 23.1 Å². The minimum atomic E-state index is -0.525. The predicted molar refractivity (Wildman–Crippen MR) is 54.6 cm³/mol. The van der Waals surface area contributed by atoms with E-state index in [1.807, 2.05) is 0 Å². The summed E-state index contributed by atoms with van der Waals surface area (Å²) >= 11 is 8.62. The number of halogens is 3. The first kappa shape index (κ1) is 10.3. The van der Waals surface area contributed by atoms with E-state index in [0.717, 1.165) is 0 Å². The van der Waals surface area contributed by atoms with Crippen LogP contribution in [0.1, 0.15) is 0 Å². The summed E-state index contributed by atoms with van der Waals surface area (Å²) in [5, 5.41) is -0.0248. The zero-order valence-electron chi connectivity index (χ0n) is 6.39. The average Bonchev–Trinajstić information content (AvgIpc) is 1.99. The molecule has 0 aromatic heterocycles. The van der Waals surface area contributed by atoms with Crippen LogP contribution in [0.3, 0.4) is 0 Å². The van der Waals surface area contributed by atoms with Crippen molar-refractivity contribution in [2.45, 2.75) is 0 Å². The highest BCUT2D eigenvalue weighted by molar-refractivity contribution is 9.10. The van der Waals surface area contributed by atoms with E-state index in [2.05, 4.69) is 20.9 Å². The fourth-order valence-electron chi connectivity index (χ4n) is 0.737. The molecule has 1 aromatic carbocycles. The van der Waals surface area contributed by atoms with Gasteiger partial charge >= 0.3 is 0 Å². The Labute approximate surface area is 87.7 Å². The molecule has 0 saturated heterocycles. The number of hydrogen-bond donors (Lipinski definition) is 2. The molecule has 0 radical (unpaired) electrons. The van der Waals surface area contributed by atoms with E-state index in [0.29, 0.717) is 10.2 Å². The Morgan fingerprint density at radius 3 is 2.62 bits per heavy atom. The Morgan fingerprint density at radius 2 is 2.08 bits per heavy atom. The summed E-state index contributed by atoms with van der Waals surface area (Å²) in [7, 11) is 0. The third-order valence-corrected chi connectivity index (χ3v) is 2.16. The standard InChI is InChI=1S/C7H6BrClFN3/c8-3-1-5(10)4(9)2-6(3)13-7(11)12/h1-2H,(H4,11,12,13). The van der Waals surface area contributed by atoms with Gasteiger partial charge in [-0.3, -0.25) is 0 Å². The van der Waals surface area contributed by atoms with E-state index in [-0.39, 0.29) is 11.0 Å². The second-order valence-electron chi connectivity index (χ2n) is 2.25. The Balaban J connectivity index is 3.24. The summed E-state index contributed by atoms with van der Waals surface area (Å²) in [4.78, 5) is 3.74. The smallest absolute Gasteiger partial charge is 0.191 e. The van der Waals surface area contributed by atoms with Crippen LogP contribution in [-0.2, 0) is 0 Å². The van der Waals surface area contributed by atoms with Crippen molar-refractivity contribution in [3.05, 3.63) is 27.4 Å². The molecule has 1 aromatic rings. The zero-order valence-corrected chi connectivity index (χ0v) is 8.73. The van der Waals surface area contributed by atoms with Crippen molar-refractivity contribution in [3.63, 3.8) is 0 Å². The molecule has 1 rings (SSSR count). The van der Waals surface area contributed by atoms with E-state index < -0.39 is 5.82 Å². The first-order chi connectivity index (χ1) is 6.00. The number of benzene rings is 1. The number of guanidine groups is 1. The van der Waals surface area contributed by atoms with Crippen molar-refractivity contribution >= 4 is 39.2 Å². The highest BCUT2D eigenvalue weighted by Crippen LogP contribution is 2.30. The van der Waals surface area contributed by atoms with Crippen LogP contribution >= 0.6 is 27.5 Å². The molecule has 0 saturated carbocycles. The Kier molecular flexibility index (Phi) is 3.11. The van der Waals surface area contributed by atoms with Gasteiger partial charge in [0.25, 0.3) is 0 Å². The molecule has 13 heavy (non-hydrogen) atoms. The van der Waals surface area contributed by atoms with Gasteiger partial charge in [-0.2, -0.15) is 0 Å². The summed E-state index contributed by atoms with van der Waals surface area (Å²) in [6.07, 6.45) is 0. The van der Waals surface area contributed by atoms with Crippen molar-refractivity contribution in [1.82, 2.24) is 0 Å². The molecule has 0 bridgehead atoms. The third-order valence-electron chi connectivity index (χ3n) is 1.24. The van der Waals surface area contributed by atoms with Crippen molar-refractivity contribution < 1.29 is 4.39 Å². The van der Waals surface area contributed by atoms with Gasteiger partial charge in [-0.05, 0) is 28.1 Å². The zero-order chi connectivity index (χ0) is 10.0. The largest absolute Gasteiger partial charge is 0.370 e. The maximum atomic E-state index is 12.8. The monoisotopic (exact) mass is 265 g/mol. The number of rotatable bonds is 1. The van der Waals surface area contributed by atoms with Gasteiger partial charge in [0, 0.05) is 4.47 Å².